The third-order valence-electron chi connectivity index (χ3n) is 2.92. The maximum Gasteiger partial charge on any atom is 0.165 e. The summed E-state index contributed by atoms with van der Waals surface area (Å²) in [6.45, 7) is 4.37. The van der Waals surface area contributed by atoms with Crippen LogP contribution in [0, 0.1) is 5.82 Å². The molecule has 0 aliphatic heterocycles. The normalized spacial score (nSPS) is 10.8. The van der Waals surface area contributed by atoms with Gasteiger partial charge in [0.1, 0.15) is 0 Å². The summed E-state index contributed by atoms with van der Waals surface area (Å²) >= 11 is 0. The fourth-order valence-electron chi connectivity index (χ4n) is 2.10. The molecule has 0 saturated carbocycles. The Morgan fingerprint density at radius 1 is 1.19 bits per heavy atom. The van der Waals surface area contributed by atoms with E-state index in [0.29, 0.717) is 11.7 Å². The van der Waals surface area contributed by atoms with Crippen LogP contribution in [0.1, 0.15) is 51.0 Å². The van der Waals surface area contributed by atoms with Crippen LogP contribution in [0.3, 0.4) is 0 Å². The molecule has 0 aliphatic carbocycles. The van der Waals surface area contributed by atoms with Crippen LogP contribution in [-0.2, 0) is 0 Å². The number of rotatable bonds is 6. The van der Waals surface area contributed by atoms with Crippen LogP contribution in [0.25, 0.3) is 0 Å². The monoisotopic (exact) mass is 224 g/mol. The summed E-state index contributed by atoms with van der Waals surface area (Å²) in [7, 11) is 1.51. The molecule has 0 bridgehead atoms. The van der Waals surface area contributed by atoms with E-state index < -0.39 is 0 Å². The van der Waals surface area contributed by atoms with E-state index in [1.807, 2.05) is 12.1 Å². The maximum atomic E-state index is 13.3. The molecule has 0 aliphatic rings. The Labute approximate surface area is 97.6 Å². The standard InChI is InChI=1S/C14H21FO/c1-4-6-11(7-5-2)12-8-9-13(15)14(10-12)16-3/h8-11H,4-7H2,1-3H3. The minimum absolute atomic E-state index is 0.280. The van der Waals surface area contributed by atoms with Crippen LogP contribution in [0.5, 0.6) is 5.75 Å². The highest BCUT2D eigenvalue weighted by Gasteiger charge is 2.12. The van der Waals surface area contributed by atoms with Gasteiger partial charge < -0.3 is 4.74 Å². The predicted molar refractivity (Wildman–Crippen MR) is 65.5 cm³/mol. The molecule has 1 rings (SSSR count). The van der Waals surface area contributed by atoms with Crippen LogP contribution in [0.15, 0.2) is 18.2 Å². The van der Waals surface area contributed by atoms with Gasteiger partial charge in [0.15, 0.2) is 11.6 Å². The molecule has 1 aromatic rings. The minimum atomic E-state index is -0.280. The number of halogens is 1. The largest absolute Gasteiger partial charge is 0.494 e. The van der Waals surface area contributed by atoms with Crippen LogP contribution >= 0.6 is 0 Å². The molecule has 2 heteroatoms. The predicted octanol–water partition coefficient (Wildman–Crippen LogP) is 4.52. The highest BCUT2D eigenvalue weighted by Crippen LogP contribution is 2.30. The zero-order valence-electron chi connectivity index (χ0n) is 10.4. The fraction of sp³-hybridized carbons (Fsp3) is 0.571. The van der Waals surface area contributed by atoms with Crippen molar-refractivity contribution in [2.75, 3.05) is 7.11 Å². The molecule has 0 radical (unpaired) electrons. The molecule has 1 nitrogen and oxygen atoms in total. The minimum Gasteiger partial charge on any atom is -0.494 e. The van der Waals surface area contributed by atoms with E-state index in [9.17, 15) is 4.39 Å². The SMILES string of the molecule is CCCC(CCC)c1ccc(F)c(OC)c1. The van der Waals surface area contributed by atoms with Crippen molar-refractivity contribution in [3.05, 3.63) is 29.6 Å². The molecule has 0 fully saturated rings. The average molecular weight is 224 g/mol. The average Bonchev–Trinajstić information content (AvgIpc) is 2.29. The second-order valence-corrected chi connectivity index (χ2v) is 4.17. The lowest BCUT2D eigenvalue weighted by atomic mass is 9.90. The van der Waals surface area contributed by atoms with Gasteiger partial charge in [0, 0.05) is 0 Å². The topological polar surface area (TPSA) is 9.23 Å². The molecule has 0 N–H and O–H groups in total. The van der Waals surface area contributed by atoms with E-state index in [-0.39, 0.29) is 5.82 Å². The van der Waals surface area contributed by atoms with E-state index in [0.717, 1.165) is 25.7 Å². The molecule has 16 heavy (non-hydrogen) atoms. The lowest BCUT2D eigenvalue weighted by molar-refractivity contribution is 0.385. The zero-order valence-corrected chi connectivity index (χ0v) is 10.4. The maximum absolute atomic E-state index is 13.3. The first-order valence-electron chi connectivity index (χ1n) is 6.06. The molecule has 0 spiro atoms. The van der Waals surface area contributed by atoms with Crippen molar-refractivity contribution in [1.29, 1.82) is 0 Å². The Bertz CT molecular complexity index is 317. The third kappa shape index (κ3) is 3.22. The van der Waals surface area contributed by atoms with Crippen molar-refractivity contribution in [2.45, 2.75) is 45.4 Å². The van der Waals surface area contributed by atoms with Crippen LogP contribution in [0.4, 0.5) is 4.39 Å². The molecule has 0 atom stereocenters. The Hall–Kier alpha value is -1.05. The number of hydrogen-bond donors (Lipinski definition) is 0. The van der Waals surface area contributed by atoms with E-state index in [4.69, 9.17) is 4.74 Å². The van der Waals surface area contributed by atoms with Crippen LogP contribution < -0.4 is 4.74 Å². The van der Waals surface area contributed by atoms with E-state index in [2.05, 4.69) is 13.8 Å². The van der Waals surface area contributed by atoms with Crippen molar-refractivity contribution in [1.82, 2.24) is 0 Å². The molecule has 0 saturated heterocycles. The van der Waals surface area contributed by atoms with Gasteiger partial charge in [0.25, 0.3) is 0 Å². The van der Waals surface area contributed by atoms with E-state index >= 15 is 0 Å². The van der Waals surface area contributed by atoms with Crippen molar-refractivity contribution in [2.24, 2.45) is 0 Å². The van der Waals surface area contributed by atoms with Crippen LogP contribution in [0.2, 0.25) is 0 Å². The highest BCUT2D eigenvalue weighted by atomic mass is 19.1. The Balaban J connectivity index is 2.90. The lowest BCUT2D eigenvalue weighted by Crippen LogP contribution is -2.00. The third-order valence-corrected chi connectivity index (χ3v) is 2.92. The molecule has 0 heterocycles. The molecule has 90 valence electrons. The molecule has 0 unspecified atom stereocenters. The zero-order chi connectivity index (χ0) is 12.0. The van der Waals surface area contributed by atoms with Crippen molar-refractivity contribution in [3.8, 4) is 5.75 Å². The molecule has 0 aromatic heterocycles. The Morgan fingerprint density at radius 3 is 2.31 bits per heavy atom. The lowest BCUT2D eigenvalue weighted by Gasteiger charge is -2.16. The summed E-state index contributed by atoms with van der Waals surface area (Å²) in [5.74, 6) is 0.609. The molecular weight excluding hydrogens is 203 g/mol. The van der Waals surface area contributed by atoms with Gasteiger partial charge in [-0.05, 0) is 36.5 Å². The van der Waals surface area contributed by atoms with Gasteiger partial charge in [-0.2, -0.15) is 0 Å². The van der Waals surface area contributed by atoms with E-state index in [1.165, 1.54) is 18.7 Å². The second-order valence-electron chi connectivity index (χ2n) is 4.17. The first-order valence-corrected chi connectivity index (χ1v) is 6.06. The van der Waals surface area contributed by atoms with Crippen molar-refractivity contribution < 1.29 is 9.13 Å². The van der Waals surface area contributed by atoms with E-state index in [1.54, 1.807) is 0 Å². The molecular formula is C14H21FO. The number of ether oxygens (including phenoxy) is 1. The quantitative estimate of drug-likeness (QED) is 0.690. The van der Waals surface area contributed by atoms with Gasteiger partial charge in [-0.15, -0.1) is 0 Å². The smallest absolute Gasteiger partial charge is 0.165 e. The van der Waals surface area contributed by atoms with Gasteiger partial charge in [-0.1, -0.05) is 32.8 Å². The Morgan fingerprint density at radius 2 is 1.81 bits per heavy atom. The summed E-state index contributed by atoms with van der Waals surface area (Å²) in [6, 6.07) is 5.23. The molecule has 0 amide bonds. The summed E-state index contributed by atoms with van der Waals surface area (Å²) in [4.78, 5) is 0. The van der Waals surface area contributed by atoms with Gasteiger partial charge in [0.05, 0.1) is 7.11 Å². The summed E-state index contributed by atoms with van der Waals surface area (Å²) in [6.07, 6.45) is 4.62. The first-order chi connectivity index (χ1) is 7.72. The fourth-order valence-corrected chi connectivity index (χ4v) is 2.10. The second kappa shape index (κ2) is 6.51. The molecule has 1 aromatic carbocycles. The number of benzene rings is 1. The van der Waals surface area contributed by atoms with Gasteiger partial charge in [0.2, 0.25) is 0 Å². The van der Waals surface area contributed by atoms with Crippen LogP contribution in [-0.4, -0.2) is 7.11 Å². The van der Waals surface area contributed by atoms with Gasteiger partial charge >= 0.3 is 0 Å². The van der Waals surface area contributed by atoms with Crippen molar-refractivity contribution >= 4 is 0 Å². The summed E-state index contributed by atoms with van der Waals surface area (Å²) < 4.78 is 18.3. The Kier molecular flexibility index (Phi) is 5.30. The summed E-state index contributed by atoms with van der Waals surface area (Å²) in [5.41, 5.74) is 1.20. The number of hydrogen-bond acceptors (Lipinski definition) is 1. The highest BCUT2D eigenvalue weighted by molar-refractivity contribution is 5.32. The number of methoxy groups -OCH3 is 1. The summed E-state index contributed by atoms with van der Waals surface area (Å²) in [5, 5.41) is 0. The van der Waals surface area contributed by atoms with Gasteiger partial charge in [-0.3, -0.25) is 0 Å². The first kappa shape index (κ1) is 13.0. The van der Waals surface area contributed by atoms with Gasteiger partial charge in [-0.25, -0.2) is 4.39 Å². The van der Waals surface area contributed by atoms with Crippen molar-refractivity contribution in [3.63, 3.8) is 0 Å².